The molecule has 0 radical (unpaired) electrons. The van der Waals surface area contributed by atoms with Gasteiger partial charge in [0, 0.05) is 21.7 Å². The number of amides is 1. The molecule has 1 amide bonds. The average Bonchev–Trinajstić information content (AvgIpc) is 3.12. The molecule has 1 saturated heterocycles. The molecule has 0 bridgehead atoms. The van der Waals surface area contributed by atoms with E-state index in [1.165, 1.54) is 0 Å². The van der Waals surface area contributed by atoms with Crippen molar-refractivity contribution in [2.24, 2.45) is 0 Å². The van der Waals surface area contributed by atoms with Crippen LogP contribution in [0.5, 0.6) is 5.75 Å². The number of benzene rings is 2. The van der Waals surface area contributed by atoms with Crippen molar-refractivity contribution in [2.45, 2.75) is 25.5 Å². The van der Waals surface area contributed by atoms with E-state index < -0.39 is 0 Å². The van der Waals surface area contributed by atoms with E-state index in [1.807, 2.05) is 24.3 Å². The minimum Gasteiger partial charge on any atom is -0.491 e. The maximum Gasteiger partial charge on any atom is 0.252 e. The Morgan fingerprint density at radius 2 is 2.08 bits per heavy atom. The molecule has 1 atom stereocenters. The molecule has 0 saturated carbocycles. The molecule has 1 heterocycles. The van der Waals surface area contributed by atoms with Gasteiger partial charge in [0.15, 0.2) is 0 Å². The van der Waals surface area contributed by atoms with Gasteiger partial charge >= 0.3 is 0 Å². The van der Waals surface area contributed by atoms with Crippen LogP contribution >= 0.6 is 34.2 Å². The lowest BCUT2D eigenvalue weighted by Gasteiger charge is -2.12. The summed E-state index contributed by atoms with van der Waals surface area (Å²) in [5, 5.41) is 3.55. The van der Waals surface area contributed by atoms with E-state index in [4.69, 9.17) is 21.1 Å². The minimum atomic E-state index is -0.111. The van der Waals surface area contributed by atoms with Gasteiger partial charge in [0.1, 0.15) is 12.4 Å². The Balaban J connectivity index is 1.50. The molecule has 0 aliphatic carbocycles. The van der Waals surface area contributed by atoms with Crippen LogP contribution in [0.4, 0.5) is 0 Å². The summed E-state index contributed by atoms with van der Waals surface area (Å²) in [4.78, 5) is 12.3. The normalized spacial score (nSPS) is 16.6. The maximum atomic E-state index is 12.3. The molecule has 2 aromatic rings. The monoisotopic (exact) mass is 471 g/mol. The molecule has 3 rings (SSSR count). The largest absolute Gasteiger partial charge is 0.491 e. The van der Waals surface area contributed by atoms with Crippen molar-refractivity contribution < 1.29 is 14.3 Å². The second kappa shape index (κ2) is 8.87. The number of carbonyl (C=O) groups is 1. The van der Waals surface area contributed by atoms with Gasteiger partial charge < -0.3 is 14.8 Å². The molecule has 132 valence electrons. The predicted molar refractivity (Wildman–Crippen MR) is 106 cm³/mol. The molecule has 1 fully saturated rings. The fraction of sp³-hybridized carbons (Fsp3) is 0.316. The van der Waals surface area contributed by atoms with E-state index in [0.717, 1.165) is 34.3 Å². The summed E-state index contributed by atoms with van der Waals surface area (Å²) in [7, 11) is 0. The molecule has 25 heavy (non-hydrogen) atoms. The molecule has 1 N–H and O–H groups in total. The van der Waals surface area contributed by atoms with Crippen LogP contribution < -0.4 is 10.1 Å². The second-order valence-corrected chi connectivity index (χ2v) is 7.50. The highest BCUT2D eigenvalue weighted by Gasteiger charge is 2.16. The number of halogens is 2. The summed E-state index contributed by atoms with van der Waals surface area (Å²) in [5.74, 6) is 0.706. The smallest absolute Gasteiger partial charge is 0.252 e. The summed E-state index contributed by atoms with van der Waals surface area (Å²) >= 11 is 8.03. The number of carbonyl (C=O) groups excluding carboxylic acids is 1. The SMILES string of the molecule is O=C(NCc1ccc(OCC2CCCO2)cc1)c1ccc(Cl)cc1I. The fourth-order valence-corrected chi connectivity index (χ4v) is 3.74. The molecule has 6 heteroatoms. The van der Waals surface area contributed by atoms with E-state index in [2.05, 4.69) is 27.9 Å². The third-order valence-corrected chi connectivity index (χ3v) is 5.14. The van der Waals surface area contributed by atoms with Crippen LogP contribution in [0.3, 0.4) is 0 Å². The average molecular weight is 472 g/mol. The lowest BCUT2D eigenvalue weighted by Crippen LogP contribution is -2.23. The molecular formula is C19H19ClINO3. The van der Waals surface area contributed by atoms with Crippen molar-refractivity contribution in [1.82, 2.24) is 5.32 Å². The van der Waals surface area contributed by atoms with Gasteiger partial charge in [-0.05, 0) is 71.3 Å². The van der Waals surface area contributed by atoms with Crippen LogP contribution in [0.1, 0.15) is 28.8 Å². The lowest BCUT2D eigenvalue weighted by molar-refractivity contribution is 0.0679. The van der Waals surface area contributed by atoms with Crippen LogP contribution in [0.15, 0.2) is 42.5 Å². The molecule has 1 unspecified atom stereocenters. The topological polar surface area (TPSA) is 47.6 Å². The number of hydrogen-bond donors (Lipinski definition) is 1. The van der Waals surface area contributed by atoms with Crippen LogP contribution in [0.25, 0.3) is 0 Å². The van der Waals surface area contributed by atoms with Gasteiger partial charge in [0.2, 0.25) is 0 Å². The Labute approximate surface area is 166 Å². The standard InChI is InChI=1S/C19H19ClINO3/c20-14-5-8-17(18(21)10-14)19(23)22-11-13-3-6-15(7-4-13)25-12-16-2-1-9-24-16/h3-8,10,16H,1-2,9,11-12H2,(H,22,23). The summed E-state index contributed by atoms with van der Waals surface area (Å²) in [6.45, 7) is 1.88. The molecular weight excluding hydrogens is 453 g/mol. The Kier molecular flexibility index (Phi) is 6.56. The van der Waals surface area contributed by atoms with Crippen molar-refractivity contribution in [2.75, 3.05) is 13.2 Å². The van der Waals surface area contributed by atoms with Crippen molar-refractivity contribution >= 4 is 40.1 Å². The molecule has 0 aromatic heterocycles. The van der Waals surface area contributed by atoms with Crippen molar-refractivity contribution in [1.29, 1.82) is 0 Å². The van der Waals surface area contributed by atoms with E-state index in [1.54, 1.807) is 18.2 Å². The van der Waals surface area contributed by atoms with Crippen LogP contribution in [0.2, 0.25) is 5.02 Å². The summed E-state index contributed by atoms with van der Waals surface area (Å²) in [5.41, 5.74) is 1.64. The van der Waals surface area contributed by atoms with Gasteiger partial charge in [0.05, 0.1) is 11.7 Å². The highest BCUT2D eigenvalue weighted by molar-refractivity contribution is 14.1. The van der Waals surface area contributed by atoms with E-state index >= 15 is 0 Å². The molecule has 4 nitrogen and oxygen atoms in total. The van der Waals surface area contributed by atoms with E-state index in [0.29, 0.717) is 23.7 Å². The third-order valence-electron chi connectivity index (χ3n) is 4.01. The molecule has 1 aliphatic rings. The van der Waals surface area contributed by atoms with Gasteiger partial charge in [0.25, 0.3) is 5.91 Å². The van der Waals surface area contributed by atoms with Gasteiger partial charge in [-0.1, -0.05) is 23.7 Å². The second-order valence-electron chi connectivity index (χ2n) is 5.90. The Bertz CT molecular complexity index is 730. The van der Waals surface area contributed by atoms with Gasteiger partial charge in [-0.15, -0.1) is 0 Å². The van der Waals surface area contributed by atoms with Crippen molar-refractivity contribution in [3.05, 3.63) is 62.2 Å². The summed E-state index contributed by atoms with van der Waals surface area (Å²) in [6.07, 6.45) is 2.38. The summed E-state index contributed by atoms with van der Waals surface area (Å²) in [6, 6.07) is 13.0. The quantitative estimate of drug-likeness (QED) is 0.634. The highest BCUT2D eigenvalue weighted by atomic mass is 127. The zero-order chi connectivity index (χ0) is 17.6. The van der Waals surface area contributed by atoms with E-state index in [-0.39, 0.29) is 12.0 Å². The maximum absolute atomic E-state index is 12.3. The first kappa shape index (κ1) is 18.5. The Morgan fingerprint density at radius 1 is 1.28 bits per heavy atom. The van der Waals surface area contributed by atoms with Crippen molar-refractivity contribution in [3.8, 4) is 5.75 Å². The van der Waals surface area contributed by atoms with Gasteiger partial charge in [-0.3, -0.25) is 4.79 Å². The molecule has 2 aromatic carbocycles. The van der Waals surface area contributed by atoms with Crippen LogP contribution in [-0.2, 0) is 11.3 Å². The van der Waals surface area contributed by atoms with Gasteiger partial charge in [-0.25, -0.2) is 0 Å². The molecule has 1 aliphatic heterocycles. The number of hydrogen-bond acceptors (Lipinski definition) is 3. The highest BCUT2D eigenvalue weighted by Crippen LogP contribution is 2.19. The minimum absolute atomic E-state index is 0.111. The summed E-state index contributed by atoms with van der Waals surface area (Å²) < 4.78 is 12.1. The zero-order valence-electron chi connectivity index (χ0n) is 13.6. The Hall–Kier alpha value is -1.31. The number of nitrogens with one attached hydrogen (secondary N) is 1. The van der Waals surface area contributed by atoms with E-state index in [9.17, 15) is 4.79 Å². The van der Waals surface area contributed by atoms with Crippen molar-refractivity contribution in [3.63, 3.8) is 0 Å². The zero-order valence-corrected chi connectivity index (χ0v) is 16.5. The van der Waals surface area contributed by atoms with Gasteiger partial charge in [-0.2, -0.15) is 0 Å². The first-order valence-corrected chi connectivity index (χ1v) is 9.64. The lowest BCUT2D eigenvalue weighted by atomic mass is 10.2. The molecule has 0 spiro atoms. The first-order chi connectivity index (χ1) is 12.1. The number of rotatable bonds is 6. The van der Waals surface area contributed by atoms with Crippen LogP contribution in [0, 0.1) is 3.57 Å². The number of ether oxygens (including phenoxy) is 2. The predicted octanol–water partition coefficient (Wildman–Crippen LogP) is 4.43. The first-order valence-electron chi connectivity index (χ1n) is 8.18. The Morgan fingerprint density at radius 3 is 2.76 bits per heavy atom. The third kappa shape index (κ3) is 5.33. The van der Waals surface area contributed by atoms with Crippen LogP contribution in [-0.4, -0.2) is 25.2 Å². The fourth-order valence-electron chi connectivity index (χ4n) is 2.62.